The molecular weight excluding hydrogens is 296 g/mol. The van der Waals surface area contributed by atoms with Gasteiger partial charge in [-0.15, -0.1) is 0 Å². The van der Waals surface area contributed by atoms with E-state index >= 15 is 0 Å². The Morgan fingerprint density at radius 1 is 1.12 bits per heavy atom. The van der Waals surface area contributed by atoms with Gasteiger partial charge in [-0.1, -0.05) is 43.3 Å². The lowest BCUT2D eigenvalue weighted by Gasteiger charge is -2.52. The lowest BCUT2D eigenvalue weighted by Crippen LogP contribution is -2.48. The Bertz CT molecular complexity index is 724. The second-order valence-corrected chi connectivity index (χ2v) is 7.61. The van der Waals surface area contributed by atoms with E-state index in [-0.39, 0.29) is 17.4 Å². The van der Waals surface area contributed by atoms with Crippen LogP contribution in [-0.4, -0.2) is 16.3 Å². The standard InChI is InChI=1S/C22H26O2/c1-2-22-14-21(24)19(15-6-4-3-5-7-15)13-17(22)9-8-16-12-18(23)10-11-20(16)22/h3-7,10-12,17,19,21,23-24H,2,8-9,13-14H2,1H3/t17-,19+,21+,22-/m1/s1. The molecule has 0 amide bonds. The van der Waals surface area contributed by atoms with Gasteiger partial charge in [0.25, 0.3) is 0 Å². The van der Waals surface area contributed by atoms with Gasteiger partial charge in [0.2, 0.25) is 0 Å². The van der Waals surface area contributed by atoms with Crippen LogP contribution in [0.1, 0.15) is 55.2 Å². The summed E-state index contributed by atoms with van der Waals surface area (Å²) in [6.07, 6.45) is 4.82. The molecule has 2 aliphatic rings. The number of benzene rings is 2. The Balaban J connectivity index is 1.73. The van der Waals surface area contributed by atoms with Crippen molar-refractivity contribution in [3.63, 3.8) is 0 Å². The van der Waals surface area contributed by atoms with Crippen LogP contribution in [0.15, 0.2) is 48.5 Å². The van der Waals surface area contributed by atoms with Gasteiger partial charge in [0.15, 0.2) is 0 Å². The van der Waals surface area contributed by atoms with E-state index in [4.69, 9.17) is 0 Å². The summed E-state index contributed by atoms with van der Waals surface area (Å²) in [5, 5.41) is 20.8. The number of aromatic hydroxyl groups is 1. The molecule has 0 bridgehead atoms. The van der Waals surface area contributed by atoms with Crippen LogP contribution >= 0.6 is 0 Å². The summed E-state index contributed by atoms with van der Waals surface area (Å²) in [5.41, 5.74) is 3.97. The van der Waals surface area contributed by atoms with Gasteiger partial charge < -0.3 is 10.2 Å². The van der Waals surface area contributed by atoms with Gasteiger partial charge in [0.1, 0.15) is 5.75 Å². The first-order valence-corrected chi connectivity index (χ1v) is 9.19. The molecule has 2 N–H and O–H groups in total. The summed E-state index contributed by atoms with van der Waals surface area (Å²) in [6, 6.07) is 16.3. The summed E-state index contributed by atoms with van der Waals surface area (Å²) in [4.78, 5) is 0. The molecule has 2 aromatic rings. The third-order valence-corrected chi connectivity index (χ3v) is 6.60. The van der Waals surface area contributed by atoms with Crippen molar-refractivity contribution in [1.82, 2.24) is 0 Å². The molecule has 0 saturated heterocycles. The highest BCUT2D eigenvalue weighted by Crippen LogP contribution is 2.55. The molecule has 2 nitrogen and oxygen atoms in total. The zero-order valence-corrected chi connectivity index (χ0v) is 14.3. The molecule has 24 heavy (non-hydrogen) atoms. The maximum absolute atomic E-state index is 11.0. The Hall–Kier alpha value is -1.80. The predicted octanol–water partition coefficient (Wildman–Crippen LogP) is 4.54. The van der Waals surface area contributed by atoms with Crippen molar-refractivity contribution in [3.8, 4) is 5.75 Å². The minimum atomic E-state index is -0.302. The van der Waals surface area contributed by atoms with Crippen molar-refractivity contribution in [2.75, 3.05) is 0 Å². The first-order valence-electron chi connectivity index (χ1n) is 9.19. The number of aryl methyl sites for hydroxylation is 1. The van der Waals surface area contributed by atoms with Gasteiger partial charge in [-0.25, -0.2) is 0 Å². The van der Waals surface area contributed by atoms with Gasteiger partial charge >= 0.3 is 0 Å². The molecule has 2 aromatic carbocycles. The lowest BCUT2D eigenvalue weighted by molar-refractivity contribution is 0.0172. The largest absolute Gasteiger partial charge is 0.508 e. The average molecular weight is 322 g/mol. The number of aliphatic hydroxyl groups is 1. The summed E-state index contributed by atoms with van der Waals surface area (Å²) < 4.78 is 0. The van der Waals surface area contributed by atoms with E-state index in [0.29, 0.717) is 11.7 Å². The van der Waals surface area contributed by atoms with E-state index < -0.39 is 0 Å². The maximum atomic E-state index is 11.0. The van der Waals surface area contributed by atoms with Gasteiger partial charge in [0, 0.05) is 11.3 Å². The van der Waals surface area contributed by atoms with Crippen LogP contribution in [0.4, 0.5) is 0 Å². The van der Waals surface area contributed by atoms with Crippen molar-refractivity contribution in [1.29, 1.82) is 0 Å². The molecule has 126 valence electrons. The first-order chi connectivity index (χ1) is 11.6. The fraction of sp³-hybridized carbons (Fsp3) is 0.455. The highest BCUT2D eigenvalue weighted by atomic mass is 16.3. The van der Waals surface area contributed by atoms with Crippen molar-refractivity contribution in [2.24, 2.45) is 5.92 Å². The molecule has 0 aliphatic heterocycles. The van der Waals surface area contributed by atoms with Crippen molar-refractivity contribution >= 4 is 0 Å². The van der Waals surface area contributed by atoms with Crippen molar-refractivity contribution < 1.29 is 10.2 Å². The molecule has 0 unspecified atom stereocenters. The smallest absolute Gasteiger partial charge is 0.115 e. The van der Waals surface area contributed by atoms with Crippen LogP contribution in [0.5, 0.6) is 5.75 Å². The van der Waals surface area contributed by atoms with Crippen LogP contribution < -0.4 is 0 Å². The van der Waals surface area contributed by atoms with Crippen molar-refractivity contribution in [2.45, 2.75) is 56.5 Å². The van der Waals surface area contributed by atoms with Crippen LogP contribution in [0.3, 0.4) is 0 Å². The minimum Gasteiger partial charge on any atom is -0.508 e. The maximum Gasteiger partial charge on any atom is 0.115 e. The third kappa shape index (κ3) is 2.36. The second-order valence-electron chi connectivity index (χ2n) is 7.61. The number of phenolic OH excluding ortho intramolecular Hbond substituents is 1. The Kier molecular flexibility index (Phi) is 3.88. The number of phenols is 1. The molecule has 0 radical (unpaired) electrons. The Morgan fingerprint density at radius 2 is 1.92 bits per heavy atom. The summed E-state index contributed by atoms with van der Waals surface area (Å²) in [6.45, 7) is 2.25. The molecule has 0 aromatic heterocycles. The number of aliphatic hydroxyl groups excluding tert-OH is 1. The highest BCUT2D eigenvalue weighted by molar-refractivity contribution is 5.43. The second kappa shape index (κ2) is 5.93. The fourth-order valence-electron chi connectivity index (χ4n) is 5.38. The summed E-state index contributed by atoms with van der Waals surface area (Å²) in [5.74, 6) is 1.21. The molecule has 0 heterocycles. The molecule has 1 saturated carbocycles. The Morgan fingerprint density at radius 3 is 2.67 bits per heavy atom. The monoisotopic (exact) mass is 322 g/mol. The summed E-state index contributed by atoms with van der Waals surface area (Å²) >= 11 is 0. The van der Waals surface area contributed by atoms with E-state index in [0.717, 1.165) is 32.1 Å². The minimum absolute atomic E-state index is 0.0615. The lowest BCUT2D eigenvalue weighted by atomic mass is 9.53. The van der Waals surface area contributed by atoms with Gasteiger partial charge in [0.05, 0.1) is 6.10 Å². The third-order valence-electron chi connectivity index (χ3n) is 6.60. The molecule has 1 fully saturated rings. The molecule has 4 rings (SSSR count). The predicted molar refractivity (Wildman–Crippen MR) is 96.3 cm³/mol. The van der Waals surface area contributed by atoms with Gasteiger partial charge in [-0.2, -0.15) is 0 Å². The van der Waals surface area contributed by atoms with Crippen LogP contribution in [0.25, 0.3) is 0 Å². The van der Waals surface area contributed by atoms with E-state index in [1.54, 1.807) is 0 Å². The quantitative estimate of drug-likeness (QED) is 0.852. The van der Waals surface area contributed by atoms with Crippen molar-refractivity contribution in [3.05, 3.63) is 65.2 Å². The topological polar surface area (TPSA) is 40.5 Å². The summed E-state index contributed by atoms with van der Waals surface area (Å²) in [7, 11) is 0. The number of hydrogen-bond donors (Lipinski definition) is 2. The van der Waals surface area contributed by atoms with E-state index in [1.165, 1.54) is 16.7 Å². The molecule has 0 spiro atoms. The SMILES string of the molecule is CC[C@@]12C[C@H](O)[C@H](c3ccccc3)C[C@H]1CCc1cc(O)ccc12. The highest BCUT2D eigenvalue weighted by Gasteiger charge is 2.49. The normalized spacial score (nSPS) is 32.0. The van der Waals surface area contributed by atoms with Crippen LogP contribution in [0.2, 0.25) is 0 Å². The first kappa shape index (κ1) is 15.7. The number of fused-ring (bicyclic) bond motifs is 3. The van der Waals surface area contributed by atoms with Gasteiger partial charge in [-0.05, 0) is 66.8 Å². The fourth-order valence-corrected chi connectivity index (χ4v) is 5.38. The van der Waals surface area contributed by atoms with E-state index in [9.17, 15) is 10.2 Å². The van der Waals surface area contributed by atoms with Gasteiger partial charge in [-0.3, -0.25) is 0 Å². The zero-order chi connectivity index (χ0) is 16.7. The molecule has 4 atom stereocenters. The number of hydrogen-bond acceptors (Lipinski definition) is 2. The zero-order valence-electron chi connectivity index (χ0n) is 14.3. The molecule has 2 heteroatoms. The van der Waals surface area contributed by atoms with Crippen LogP contribution in [-0.2, 0) is 11.8 Å². The molecule has 2 aliphatic carbocycles. The number of rotatable bonds is 2. The van der Waals surface area contributed by atoms with Crippen LogP contribution in [0, 0.1) is 5.92 Å². The average Bonchev–Trinajstić information content (AvgIpc) is 2.61. The molecular formula is C22H26O2. The van der Waals surface area contributed by atoms with E-state index in [2.05, 4.69) is 37.3 Å². The van der Waals surface area contributed by atoms with E-state index in [1.807, 2.05) is 18.2 Å². The Labute approximate surface area is 144 Å².